The van der Waals surface area contributed by atoms with E-state index in [1.54, 1.807) is 0 Å². The molecule has 7 nitrogen and oxygen atoms in total. The van der Waals surface area contributed by atoms with Gasteiger partial charge in [0.15, 0.2) is 0 Å². The van der Waals surface area contributed by atoms with Crippen LogP contribution in [0.15, 0.2) is 60.7 Å². The number of carboxylic acid groups (broad SMARTS) is 1. The number of carboxylic acids is 1. The highest BCUT2D eigenvalue weighted by Gasteiger charge is 2.40. The van der Waals surface area contributed by atoms with Gasteiger partial charge in [-0.15, -0.1) is 0 Å². The zero-order chi connectivity index (χ0) is 42.5. The van der Waals surface area contributed by atoms with Crippen molar-refractivity contribution >= 4 is 34.6 Å². The van der Waals surface area contributed by atoms with Crippen molar-refractivity contribution < 1.29 is 23.5 Å². The smallest absolute Gasteiger partial charge is 0.303 e. The number of nitrogens with zero attached hydrogens (tertiary/aromatic N) is 2. The maximum atomic E-state index is 13.3. The molecule has 324 valence electrons. The van der Waals surface area contributed by atoms with Crippen LogP contribution in [0.25, 0.3) is 0 Å². The molecule has 1 amide bonds. The quantitative estimate of drug-likeness (QED) is 0.145. The van der Waals surface area contributed by atoms with Crippen LogP contribution in [-0.2, 0) is 35.5 Å². The predicted octanol–water partition coefficient (Wildman–Crippen LogP) is 12.2. The van der Waals surface area contributed by atoms with Crippen molar-refractivity contribution in [2.24, 2.45) is 10.8 Å². The number of anilines is 4. The van der Waals surface area contributed by atoms with Gasteiger partial charge in [-0.05, 0) is 184 Å². The van der Waals surface area contributed by atoms with Crippen LogP contribution in [0.1, 0.15) is 130 Å². The molecule has 0 unspecified atom stereocenters. The van der Waals surface area contributed by atoms with E-state index in [1.165, 1.54) is 70.7 Å². The summed E-state index contributed by atoms with van der Waals surface area (Å²) in [5, 5.41) is 11.5. The lowest BCUT2D eigenvalue weighted by Crippen LogP contribution is -2.24. The summed E-state index contributed by atoms with van der Waals surface area (Å²) >= 11 is 0. The van der Waals surface area contributed by atoms with E-state index < -0.39 is 5.97 Å². The van der Waals surface area contributed by atoms with Crippen LogP contribution in [-0.4, -0.2) is 30.1 Å². The topological polar surface area (TPSA) is 98.9 Å². The zero-order valence-corrected chi connectivity index (χ0v) is 36.1. The largest absolute Gasteiger partial charge is 0.481 e. The average molecular weight is 823 g/mol. The Kier molecular flexibility index (Phi) is 15.1. The molecule has 8 rings (SSSR count). The lowest BCUT2D eigenvalue weighted by atomic mass is 9.96. The summed E-state index contributed by atoms with van der Waals surface area (Å²) in [4.78, 5) is 27.5. The molecule has 0 spiro atoms. The maximum Gasteiger partial charge on any atom is 0.303 e. The molecule has 0 bridgehead atoms. The van der Waals surface area contributed by atoms with Crippen LogP contribution in [0.2, 0.25) is 0 Å². The van der Waals surface area contributed by atoms with Crippen molar-refractivity contribution in [3.63, 3.8) is 0 Å². The monoisotopic (exact) mass is 823 g/mol. The fraction of sp³-hybridized carbons (Fsp3) is 0.490. The second kappa shape index (κ2) is 19.6. The first-order valence-electron chi connectivity index (χ1n) is 21.6. The van der Waals surface area contributed by atoms with Crippen LogP contribution in [0, 0.1) is 50.2 Å². The van der Waals surface area contributed by atoms with Crippen molar-refractivity contribution in [1.82, 2.24) is 0 Å². The minimum atomic E-state index is -0.662. The molecule has 0 aromatic heterocycles. The third-order valence-corrected chi connectivity index (χ3v) is 12.9. The Morgan fingerprint density at radius 3 is 1.55 bits per heavy atom. The Bertz CT molecular complexity index is 2120. The molecule has 2 aliphatic carbocycles. The predicted molar refractivity (Wildman–Crippen MR) is 244 cm³/mol. The fourth-order valence-electron chi connectivity index (χ4n) is 8.53. The molecular formula is C51H68F2N4O3. The molecular weight excluding hydrogens is 755 g/mol. The first-order chi connectivity index (χ1) is 28.0. The molecule has 0 saturated heterocycles. The highest BCUT2D eigenvalue weighted by Crippen LogP contribution is 2.49. The summed E-state index contributed by atoms with van der Waals surface area (Å²) in [6.45, 7) is 16.3. The molecule has 2 heterocycles. The summed E-state index contributed by atoms with van der Waals surface area (Å²) in [7, 11) is 0. The number of nitrogen functional groups attached to an aromatic ring is 1. The number of aryl methyl sites for hydroxylation is 2. The molecule has 4 N–H and O–H groups in total. The van der Waals surface area contributed by atoms with E-state index in [-0.39, 0.29) is 35.8 Å². The molecule has 2 saturated carbocycles. The molecule has 0 radical (unpaired) electrons. The molecule has 4 aromatic carbocycles. The second-order valence-electron chi connectivity index (χ2n) is 18.3. The van der Waals surface area contributed by atoms with E-state index in [1.807, 2.05) is 31.2 Å². The lowest BCUT2D eigenvalue weighted by Gasteiger charge is -2.28. The van der Waals surface area contributed by atoms with Gasteiger partial charge in [0.1, 0.15) is 11.6 Å². The Morgan fingerprint density at radius 1 is 0.683 bits per heavy atom. The van der Waals surface area contributed by atoms with Gasteiger partial charge in [-0.25, -0.2) is 8.78 Å². The Hall–Kier alpha value is -4.92. The molecule has 0 atom stereocenters. The van der Waals surface area contributed by atoms with Crippen LogP contribution >= 0.6 is 0 Å². The van der Waals surface area contributed by atoms with Crippen molar-refractivity contribution in [3.05, 3.63) is 117 Å². The summed E-state index contributed by atoms with van der Waals surface area (Å²) in [6, 6.07) is 18.1. The van der Waals surface area contributed by atoms with Crippen molar-refractivity contribution in [3.8, 4) is 0 Å². The fourth-order valence-corrected chi connectivity index (χ4v) is 8.53. The van der Waals surface area contributed by atoms with Crippen molar-refractivity contribution in [1.29, 1.82) is 0 Å². The van der Waals surface area contributed by atoms with Crippen LogP contribution in [0.5, 0.6) is 0 Å². The van der Waals surface area contributed by atoms with E-state index >= 15 is 0 Å². The number of benzene rings is 4. The Balaban J connectivity index is 0.000000194. The van der Waals surface area contributed by atoms with Gasteiger partial charge in [-0.3, -0.25) is 9.59 Å². The Labute approximate surface area is 357 Å². The molecule has 2 aliphatic heterocycles. The summed E-state index contributed by atoms with van der Waals surface area (Å²) in [6.07, 6.45) is 12.2. The molecule has 9 heteroatoms. The van der Waals surface area contributed by atoms with E-state index in [0.717, 1.165) is 111 Å². The normalized spacial score (nSPS) is 16.8. The number of aliphatic carboxylic acids is 1. The number of hydrogen-bond donors (Lipinski definition) is 3. The summed E-state index contributed by atoms with van der Waals surface area (Å²) in [5.74, 6) is -0.908. The van der Waals surface area contributed by atoms with Gasteiger partial charge in [-0.2, -0.15) is 0 Å². The Morgan fingerprint density at radius 2 is 1.12 bits per heavy atom. The standard InChI is InChI=1S/C25H31FN2O.C19H23FN2.C6H10O2.CH4/c1-17-14-22-21(18(2)24(17)27-23(29)15-25(3)11-12-25)6-4-5-13-28(22)16-19-7-9-20(26)10-8-19;1-13-11-18-17(14(2)19(13)21)5-3-4-10-22(18)12-15-6-8-16(20)9-7-15;1-6(2-3-6)4-5(7)8;/h7-10,14H,4-6,11-13,15-16H2,1-3H3,(H,27,29);6-9,11H,3-5,10,12,21H2,1-2H3;2-4H2,1H3,(H,7,8);1H4. The van der Waals surface area contributed by atoms with Crippen molar-refractivity contribution in [2.75, 3.05) is 33.9 Å². The first kappa shape index (κ1) is 46.2. The first-order valence-corrected chi connectivity index (χ1v) is 21.6. The number of halogens is 2. The van der Waals surface area contributed by atoms with Gasteiger partial charge in [0.2, 0.25) is 5.91 Å². The third kappa shape index (κ3) is 12.1. The number of nitrogens with one attached hydrogen (secondary N) is 1. The van der Waals surface area contributed by atoms with Crippen molar-refractivity contribution in [2.45, 2.75) is 139 Å². The van der Waals surface area contributed by atoms with E-state index in [4.69, 9.17) is 10.8 Å². The molecule has 2 fully saturated rings. The van der Waals surface area contributed by atoms with E-state index in [0.29, 0.717) is 12.8 Å². The van der Waals surface area contributed by atoms with Crippen LogP contribution in [0.3, 0.4) is 0 Å². The molecule has 4 aromatic rings. The number of amides is 1. The van der Waals surface area contributed by atoms with Gasteiger partial charge in [-0.1, -0.05) is 45.5 Å². The maximum absolute atomic E-state index is 13.3. The molecule has 4 aliphatic rings. The highest BCUT2D eigenvalue weighted by atomic mass is 19.1. The zero-order valence-electron chi connectivity index (χ0n) is 36.1. The van der Waals surface area contributed by atoms with E-state index in [9.17, 15) is 18.4 Å². The third-order valence-electron chi connectivity index (χ3n) is 12.9. The second-order valence-corrected chi connectivity index (χ2v) is 18.3. The van der Waals surface area contributed by atoms with Gasteiger partial charge in [0, 0.05) is 55.3 Å². The number of carbonyl (C=O) groups is 2. The average Bonchev–Trinajstić information content (AvgIpc) is 4.12. The number of nitrogens with two attached hydrogens (primary N) is 1. The van der Waals surface area contributed by atoms with E-state index in [2.05, 4.69) is 61.9 Å². The summed E-state index contributed by atoms with van der Waals surface area (Å²) in [5.41, 5.74) is 20.7. The number of hydrogen-bond acceptors (Lipinski definition) is 5. The van der Waals surface area contributed by atoms with Gasteiger partial charge in [0.05, 0.1) is 6.42 Å². The molecule has 60 heavy (non-hydrogen) atoms. The number of fused-ring (bicyclic) bond motifs is 2. The van der Waals surface area contributed by atoms with Gasteiger partial charge >= 0.3 is 5.97 Å². The number of carbonyl (C=O) groups excluding carboxylic acids is 1. The van der Waals surface area contributed by atoms with Crippen LogP contribution < -0.4 is 20.9 Å². The number of rotatable bonds is 9. The lowest BCUT2D eigenvalue weighted by molar-refractivity contribution is -0.138. The summed E-state index contributed by atoms with van der Waals surface area (Å²) < 4.78 is 26.4. The minimum absolute atomic E-state index is 0. The minimum Gasteiger partial charge on any atom is -0.481 e. The highest BCUT2D eigenvalue weighted by molar-refractivity contribution is 5.94. The SMILES string of the molecule is C.CC1(CC(=O)O)CC1.Cc1cc2c(c(C)c1N)CCCCN2Cc1ccc(F)cc1.Cc1cc2c(c(C)c1NC(=O)CC1(C)CC1)CCCCN2Cc1ccc(F)cc1. The van der Waals surface area contributed by atoms with Gasteiger partial charge < -0.3 is 26.0 Å². The van der Waals surface area contributed by atoms with Gasteiger partial charge in [0.25, 0.3) is 0 Å². The van der Waals surface area contributed by atoms with Crippen LogP contribution in [0.4, 0.5) is 31.5 Å².